The van der Waals surface area contributed by atoms with Gasteiger partial charge in [0.2, 0.25) is 0 Å². The number of nitrogens with one attached hydrogen (secondary N) is 1. The van der Waals surface area contributed by atoms with Gasteiger partial charge >= 0.3 is 5.97 Å². The fourth-order valence-electron chi connectivity index (χ4n) is 3.05. The van der Waals surface area contributed by atoms with Crippen LogP contribution in [-0.4, -0.2) is 35.8 Å². The Bertz CT molecular complexity index is 975. The molecule has 3 aromatic rings. The molecule has 138 valence electrons. The number of esters is 1. The SMILES string of the molecule is COC(=O)[C@@H](CCC(C)=O)NC(=O)c1c2ccccc2nc2ccccc12. The number of carbonyl (C=O) groups is 3. The van der Waals surface area contributed by atoms with Crippen molar-refractivity contribution in [3.63, 3.8) is 0 Å². The number of benzene rings is 2. The van der Waals surface area contributed by atoms with Gasteiger partial charge in [-0.1, -0.05) is 36.4 Å². The highest BCUT2D eigenvalue weighted by atomic mass is 16.5. The molecule has 1 atom stereocenters. The van der Waals surface area contributed by atoms with E-state index in [1.165, 1.54) is 14.0 Å². The number of methoxy groups -OCH3 is 1. The summed E-state index contributed by atoms with van der Waals surface area (Å²) in [5.74, 6) is -1.03. The number of hydrogen-bond donors (Lipinski definition) is 1. The standard InChI is InChI=1S/C21H20N2O4/c1-13(24)11-12-18(21(26)27-2)23-20(25)19-14-7-3-5-9-16(14)22-17-10-6-4-8-15(17)19/h3-10,18H,11-12H2,1-2H3,(H,23,25)/t18-/m1/s1. The Morgan fingerprint density at radius 3 is 2.07 bits per heavy atom. The highest BCUT2D eigenvalue weighted by Gasteiger charge is 2.24. The van der Waals surface area contributed by atoms with Gasteiger partial charge in [0.15, 0.2) is 0 Å². The van der Waals surface area contributed by atoms with E-state index < -0.39 is 17.9 Å². The number of hydrogen-bond acceptors (Lipinski definition) is 5. The number of para-hydroxylation sites is 2. The number of amides is 1. The van der Waals surface area contributed by atoms with Crippen LogP contribution < -0.4 is 5.32 Å². The largest absolute Gasteiger partial charge is 0.467 e. The molecule has 0 aliphatic heterocycles. The van der Waals surface area contributed by atoms with Crippen LogP contribution in [0.25, 0.3) is 21.8 Å². The van der Waals surface area contributed by atoms with Crippen LogP contribution in [0.2, 0.25) is 0 Å². The predicted molar refractivity (Wildman–Crippen MR) is 102 cm³/mol. The highest BCUT2D eigenvalue weighted by molar-refractivity contribution is 6.16. The second-order valence-electron chi connectivity index (χ2n) is 6.31. The molecule has 0 spiro atoms. The Hall–Kier alpha value is -3.28. The molecule has 27 heavy (non-hydrogen) atoms. The molecule has 6 nitrogen and oxygen atoms in total. The molecule has 2 aromatic carbocycles. The van der Waals surface area contributed by atoms with Crippen molar-refractivity contribution in [3.8, 4) is 0 Å². The summed E-state index contributed by atoms with van der Waals surface area (Å²) in [6.45, 7) is 1.44. The van der Waals surface area contributed by atoms with Gasteiger partial charge < -0.3 is 14.8 Å². The Kier molecular flexibility index (Phi) is 5.45. The van der Waals surface area contributed by atoms with E-state index in [1.807, 2.05) is 48.5 Å². The van der Waals surface area contributed by atoms with E-state index in [4.69, 9.17) is 4.74 Å². The highest BCUT2D eigenvalue weighted by Crippen LogP contribution is 2.26. The van der Waals surface area contributed by atoms with Crippen molar-refractivity contribution in [2.45, 2.75) is 25.8 Å². The average molecular weight is 364 g/mol. The number of ether oxygens (including phenoxy) is 1. The fraction of sp³-hybridized carbons (Fsp3) is 0.238. The molecule has 0 unspecified atom stereocenters. The number of pyridine rings is 1. The molecule has 1 aromatic heterocycles. The van der Waals surface area contributed by atoms with Crippen LogP contribution in [0.5, 0.6) is 0 Å². The molecule has 0 saturated carbocycles. The van der Waals surface area contributed by atoms with Crippen LogP contribution >= 0.6 is 0 Å². The summed E-state index contributed by atoms with van der Waals surface area (Å²) >= 11 is 0. The molecule has 0 fully saturated rings. The zero-order chi connectivity index (χ0) is 19.4. The van der Waals surface area contributed by atoms with Crippen LogP contribution in [-0.2, 0) is 14.3 Å². The van der Waals surface area contributed by atoms with Crippen molar-refractivity contribution in [1.29, 1.82) is 0 Å². The van der Waals surface area contributed by atoms with Gasteiger partial charge in [0.25, 0.3) is 5.91 Å². The van der Waals surface area contributed by atoms with Crippen LogP contribution in [0.15, 0.2) is 48.5 Å². The molecule has 1 N–H and O–H groups in total. The van der Waals surface area contributed by atoms with Crippen LogP contribution in [0.3, 0.4) is 0 Å². The lowest BCUT2D eigenvalue weighted by atomic mass is 10.0. The topological polar surface area (TPSA) is 85.4 Å². The van der Waals surface area contributed by atoms with Gasteiger partial charge in [-0.15, -0.1) is 0 Å². The number of ketones is 1. The second-order valence-corrected chi connectivity index (χ2v) is 6.31. The molecular formula is C21H20N2O4. The van der Waals surface area contributed by atoms with E-state index in [9.17, 15) is 14.4 Å². The molecule has 3 rings (SSSR count). The van der Waals surface area contributed by atoms with E-state index in [1.54, 1.807) is 0 Å². The summed E-state index contributed by atoms with van der Waals surface area (Å²) in [4.78, 5) is 41.1. The van der Waals surface area contributed by atoms with E-state index in [-0.39, 0.29) is 18.6 Å². The summed E-state index contributed by atoms with van der Waals surface area (Å²) in [5, 5.41) is 4.13. The minimum absolute atomic E-state index is 0.0574. The number of Topliss-reactive ketones (excluding diaryl/α,β-unsaturated/α-hetero) is 1. The molecule has 0 saturated heterocycles. The first-order valence-electron chi connectivity index (χ1n) is 8.67. The molecule has 0 radical (unpaired) electrons. The van der Waals surface area contributed by atoms with Gasteiger partial charge in [-0.3, -0.25) is 4.79 Å². The Labute approximate surface area is 156 Å². The third kappa shape index (κ3) is 3.95. The minimum Gasteiger partial charge on any atom is -0.467 e. The van der Waals surface area contributed by atoms with Crippen LogP contribution in [0.1, 0.15) is 30.1 Å². The maximum absolute atomic E-state index is 13.1. The third-order valence-electron chi connectivity index (χ3n) is 4.39. The van der Waals surface area contributed by atoms with Gasteiger partial charge in [0.05, 0.1) is 23.7 Å². The summed E-state index contributed by atoms with van der Waals surface area (Å²) < 4.78 is 4.78. The number of fused-ring (bicyclic) bond motifs is 2. The predicted octanol–water partition coefficient (Wildman–Crippen LogP) is 3.03. The normalized spacial score (nSPS) is 11.9. The molecule has 0 bridgehead atoms. The van der Waals surface area contributed by atoms with Gasteiger partial charge in [-0.2, -0.15) is 0 Å². The monoisotopic (exact) mass is 364 g/mol. The maximum Gasteiger partial charge on any atom is 0.328 e. The number of carbonyl (C=O) groups excluding carboxylic acids is 3. The lowest BCUT2D eigenvalue weighted by Gasteiger charge is -2.17. The summed E-state index contributed by atoms with van der Waals surface area (Å²) in [6.07, 6.45) is 0.368. The Morgan fingerprint density at radius 1 is 1.00 bits per heavy atom. The van der Waals surface area contributed by atoms with Crippen molar-refractivity contribution in [2.24, 2.45) is 0 Å². The maximum atomic E-state index is 13.1. The summed E-state index contributed by atoms with van der Waals surface area (Å²) in [6, 6.07) is 13.8. The Morgan fingerprint density at radius 2 is 1.56 bits per heavy atom. The summed E-state index contributed by atoms with van der Waals surface area (Å²) in [5.41, 5.74) is 1.84. The van der Waals surface area contributed by atoms with Gasteiger partial charge in [-0.05, 0) is 25.5 Å². The van der Waals surface area contributed by atoms with Gasteiger partial charge in [0.1, 0.15) is 11.8 Å². The summed E-state index contributed by atoms with van der Waals surface area (Å²) in [7, 11) is 1.26. The van der Waals surface area contributed by atoms with E-state index in [0.29, 0.717) is 27.4 Å². The van der Waals surface area contributed by atoms with Crippen molar-refractivity contribution in [1.82, 2.24) is 10.3 Å². The van der Waals surface area contributed by atoms with Gasteiger partial charge in [0, 0.05) is 17.2 Å². The molecule has 1 heterocycles. The smallest absolute Gasteiger partial charge is 0.328 e. The zero-order valence-corrected chi connectivity index (χ0v) is 15.2. The van der Waals surface area contributed by atoms with Crippen molar-refractivity contribution < 1.29 is 19.1 Å². The molecule has 6 heteroatoms. The van der Waals surface area contributed by atoms with Crippen LogP contribution in [0, 0.1) is 0 Å². The molecule has 0 aliphatic carbocycles. The first-order valence-corrected chi connectivity index (χ1v) is 8.67. The van der Waals surface area contributed by atoms with Crippen molar-refractivity contribution >= 4 is 39.5 Å². The number of aromatic nitrogens is 1. The molecule has 0 aliphatic rings. The molecular weight excluding hydrogens is 344 g/mol. The quantitative estimate of drug-likeness (QED) is 0.537. The first-order chi connectivity index (χ1) is 13.0. The van der Waals surface area contributed by atoms with Gasteiger partial charge in [-0.25, -0.2) is 9.78 Å². The average Bonchev–Trinajstić information content (AvgIpc) is 2.68. The zero-order valence-electron chi connectivity index (χ0n) is 15.2. The fourth-order valence-corrected chi connectivity index (χ4v) is 3.05. The van der Waals surface area contributed by atoms with Crippen molar-refractivity contribution in [3.05, 3.63) is 54.1 Å². The van der Waals surface area contributed by atoms with E-state index >= 15 is 0 Å². The van der Waals surface area contributed by atoms with Crippen LogP contribution in [0.4, 0.5) is 0 Å². The van der Waals surface area contributed by atoms with E-state index in [0.717, 1.165) is 0 Å². The van der Waals surface area contributed by atoms with Crippen molar-refractivity contribution in [2.75, 3.05) is 7.11 Å². The number of rotatable bonds is 6. The third-order valence-corrected chi connectivity index (χ3v) is 4.39. The van der Waals surface area contributed by atoms with E-state index in [2.05, 4.69) is 10.3 Å². The molecule has 1 amide bonds. The first kappa shape index (κ1) is 18.5. The lowest BCUT2D eigenvalue weighted by molar-refractivity contribution is -0.143. The Balaban J connectivity index is 2.05. The number of nitrogens with zero attached hydrogens (tertiary/aromatic N) is 1. The minimum atomic E-state index is -0.892. The second kappa shape index (κ2) is 7.95. The lowest BCUT2D eigenvalue weighted by Crippen LogP contribution is -2.42.